The van der Waals surface area contributed by atoms with Crippen LogP contribution in [0.15, 0.2) is 36.4 Å². The van der Waals surface area contributed by atoms with Gasteiger partial charge in [0.05, 0.1) is 32.5 Å². The van der Waals surface area contributed by atoms with E-state index in [9.17, 15) is 9.59 Å². The molecule has 0 spiro atoms. The van der Waals surface area contributed by atoms with Crippen molar-refractivity contribution in [3.8, 4) is 11.1 Å². The number of benzene rings is 2. The molecule has 2 aromatic heterocycles. The highest BCUT2D eigenvalue weighted by atomic mass is 32.1. The molecule has 0 saturated carbocycles. The molecule has 2 aliphatic rings. The molecule has 246 valence electrons. The van der Waals surface area contributed by atoms with Gasteiger partial charge in [-0.05, 0) is 103 Å². The van der Waals surface area contributed by atoms with Gasteiger partial charge < -0.3 is 29.9 Å². The smallest absolute Gasteiger partial charge is 0.410 e. The number of nitrogens with zero attached hydrogens (tertiary/aromatic N) is 4. The van der Waals surface area contributed by atoms with E-state index in [1.165, 1.54) is 0 Å². The van der Waals surface area contributed by atoms with Gasteiger partial charge in [-0.15, -0.1) is 0 Å². The van der Waals surface area contributed by atoms with Crippen LogP contribution in [0, 0.1) is 0 Å². The summed E-state index contributed by atoms with van der Waals surface area (Å²) < 4.78 is 13.4. The van der Waals surface area contributed by atoms with Crippen LogP contribution in [-0.4, -0.2) is 81.4 Å². The zero-order chi connectivity index (χ0) is 32.6. The molecule has 4 aromatic rings. The maximum absolute atomic E-state index is 12.7. The third kappa shape index (κ3) is 7.66. The second kappa shape index (κ2) is 12.9. The number of rotatable bonds is 7. The summed E-state index contributed by atoms with van der Waals surface area (Å²) >= 11 is 3.25. The minimum Gasteiger partial charge on any atom is -0.444 e. The first-order valence-electron chi connectivity index (χ1n) is 16.1. The Morgan fingerprint density at radius 3 is 1.54 bits per heavy atom. The number of carbonyl (C=O) groups is 2. The van der Waals surface area contributed by atoms with Gasteiger partial charge in [0, 0.05) is 26.2 Å². The van der Waals surface area contributed by atoms with Crippen molar-refractivity contribution in [2.45, 2.75) is 90.5 Å². The van der Waals surface area contributed by atoms with Gasteiger partial charge in [0.25, 0.3) is 0 Å². The van der Waals surface area contributed by atoms with Crippen LogP contribution >= 0.6 is 22.7 Å². The van der Waals surface area contributed by atoms with E-state index in [1.807, 2.05) is 51.3 Å². The van der Waals surface area contributed by atoms with Crippen molar-refractivity contribution in [3.05, 3.63) is 36.4 Å². The van der Waals surface area contributed by atoms with E-state index in [1.54, 1.807) is 22.7 Å². The van der Waals surface area contributed by atoms with Gasteiger partial charge in [0.15, 0.2) is 10.3 Å². The molecule has 0 aliphatic carbocycles. The molecular formula is C34H44N6O4S2. The van der Waals surface area contributed by atoms with Crippen molar-refractivity contribution in [1.82, 2.24) is 19.8 Å². The number of fused-ring (bicyclic) bond motifs is 2. The second-order valence-corrected chi connectivity index (χ2v) is 16.2. The summed E-state index contributed by atoms with van der Waals surface area (Å²) in [7, 11) is 0. The van der Waals surface area contributed by atoms with Crippen molar-refractivity contribution in [1.29, 1.82) is 0 Å². The summed E-state index contributed by atoms with van der Waals surface area (Å²) in [6.07, 6.45) is 3.36. The number of ether oxygens (including phenoxy) is 2. The van der Waals surface area contributed by atoms with Crippen LogP contribution in [0.1, 0.15) is 67.2 Å². The fourth-order valence-corrected chi connectivity index (χ4v) is 7.81. The van der Waals surface area contributed by atoms with E-state index in [0.717, 1.165) is 80.6 Å². The number of aromatic nitrogens is 2. The van der Waals surface area contributed by atoms with Gasteiger partial charge in [0.1, 0.15) is 11.2 Å². The lowest BCUT2D eigenvalue weighted by Gasteiger charge is -2.28. The van der Waals surface area contributed by atoms with Gasteiger partial charge in [-0.3, -0.25) is 0 Å². The first-order chi connectivity index (χ1) is 21.8. The molecule has 2 aliphatic heterocycles. The van der Waals surface area contributed by atoms with E-state index in [4.69, 9.17) is 19.4 Å². The lowest BCUT2D eigenvalue weighted by Crippen LogP contribution is -2.42. The lowest BCUT2D eigenvalue weighted by atomic mass is 10.1. The van der Waals surface area contributed by atoms with E-state index >= 15 is 0 Å². The first kappa shape index (κ1) is 32.3. The molecule has 2 fully saturated rings. The fourth-order valence-electron chi connectivity index (χ4n) is 5.99. The van der Waals surface area contributed by atoms with E-state index in [0.29, 0.717) is 13.1 Å². The molecule has 4 heterocycles. The second-order valence-electron chi connectivity index (χ2n) is 14.1. The van der Waals surface area contributed by atoms with Crippen LogP contribution in [0.3, 0.4) is 0 Å². The minimum absolute atomic E-state index is 0.0880. The Labute approximate surface area is 278 Å². The highest BCUT2D eigenvalue weighted by molar-refractivity contribution is 7.22. The normalized spacial score (nSPS) is 18.8. The number of thiazole rings is 2. The molecule has 6 rings (SSSR count). The standard InChI is InChI=1S/C34H44N6O4S2/c1-33(2,3)43-31(41)39-15-7-9-23(39)19-35-29-37-25-13-11-21(17-27(25)45-29)22-12-14-26-28(18-22)46-30(38-26)36-20-24-10-8-16-40(24)32(42)44-34(4,5)6/h11-14,17-18,23-24H,7-10,15-16,19-20H2,1-6H3,(H,35,37)(H,36,38)/t23-,24-/m0/s1. The molecule has 0 bridgehead atoms. The average molecular weight is 665 g/mol. The largest absolute Gasteiger partial charge is 0.444 e. The van der Waals surface area contributed by atoms with Gasteiger partial charge in [-0.1, -0.05) is 34.8 Å². The topological polar surface area (TPSA) is 109 Å². The van der Waals surface area contributed by atoms with Crippen molar-refractivity contribution in [3.63, 3.8) is 0 Å². The minimum atomic E-state index is -0.506. The van der Waals surface area contributed by atoms with Crippen LogP contribution in [0.25, 0.3) is 31.6 Å². The number of anilines is 2. The predicted molar refractivity (Wildman–Crippen MR) is 187 cm³/mol. The molecular weight excluding hydrogens is 621 g/mol. The fraction of sp³-hybridized carbons (Fsp3) is 0.529. The lowest BCUT2D eigenvalue weighted by molar-refractivity contribution is 0.0224. The molecule has 0 radical (unpaired) electrons. The summed E-state index contributed by atoms with van der Waals surface area (Å²) in [5, 5.41) is 8.66. The monoisotopic (exact) mass is 664 g/mol. The summed E-state index contributed by atoms with van der Waals surface area (Å²) in [6, 6.07) is 12.9. The Hall–Kier alpha value is -3.64. The molecule has 2 saturated heterocycles. The van der Waals surface area contributed by atoms with Crippen molar-refractivity contribution >= 4 is 65.6 Å². The maximum atomic E-state index is 12.7. The highest BCUT2D eigenvalue weighted by Crippen LogP contribution is 2.34. The Bertz CT molecular complexity index is 1600. The summed E-state index contributed by atoms with van der Waals surface area (Å²) in [6.45, 7) is 14.1. The van der Waals surface area contributed by atoms with Crippen molar-refractivity contribution in [2.75, 3.05) is 36.8 Å². The Morgan fingerprint density at radius 1 is 0.739 bits per heavy atom. The molecule has 46 heavy (non-hydrogen) atoms. The zero-order valence-electron chi connectivity index (χ0n) is 27.5. The third-order valence-corrected chi connectivity index (χ3v) is 10.1. The van der Waals surface area contributed by atoms with Crippen molar-refractivity contribution in [2.24, 2.45) is 0 Å². The molecule has 2 N–H and O–H groups in total. The molecule has 0 unspecified atom stereocenters. The molecule has 2 atom stereocenters. The van der Waals surface area contributed by atoms with Crippen LogP contribution in [0.4, 0.5) is 19.9 Å². The number of amides is 2. The predicted octanol–water partition coefficient (Wildman–Crippen LogP) is 8.20. The van der Waals surface area contributed by atoms with E-state index in [2.05, 4.69) is 47.0 Å². The number of carbonyl (C=O) groups excluding carboxylic acids is 2. The van der Waals surface area contributed by atoms with Crippen LogP contribution in [0.2, 0.25) is 0 Å². The zero-order valence-corrected chi connectivity index (χ0v) is 29.1. The van der Waals surface area contributed by atoms with Gasteiger partial charge >= 0.3 is 12.2 Å². The number of likely N-dealkylation sites (tertiary alicyclic amines) is 2. The SMILES string of the molecule is CC(C)(C)OC(=O)N1CCC[C@H]1CNc1nc2ccc(-c3ccc4nc(NC[C@@H]5CCCN5C(=O)OC(C)(C)C)sc4c3)cc2s1. The first-order valence-corrected chi connectivity index (χ1v) is 17.7. The Morgan fingerprint density at radius 2 is 1.15 bits per heavy atom. The van der Waals surface area contributed by atoms with Gasteiger partial charge in [-0.25, -0.2) is 19.6 Å². The van der Waals surface area contributed by atoms with E-state index < -0.39 is 11.2 Å². The molecule has 2 aromatic carbocycles. The van der Waals surface area contributed by atoms with Gasteiger partial charge in [0.2, 0.25) is 0 Å². The van der Waals surface area contributed by atoms with Gasteiger partial charge in [-0.2, -0.15) is 0 Å². The average Bonchev–Trinajstić information content (AvgIpc) is 3.77. The molecule has 12 heteroatoms. The quantitative estimate of drug-likeness (QED) is 0.204. The number of hydrogen-bond donors (Lipinski definition) is 2. The number of nitrogens with one attached hydrogen (secondary N) is 2. The third-order valence-electron chi connectivity index (χ3n) is 8.10. The number of hydrogen-bond acceptors (Lipinski definition) is 10. The Kier molecular flexibility index (Phi) is 9.04. The summed E-state index contributed by atoms with van der Waals surface area (Å²) in [5.74, 6) is 0. The maximum Gasteiger partial charge on any atom is 0.410 e. The Balaban J connectivity index is 1.09. The summed E-state index contributed by atoms with van der Waals surface area (Å²) in [5.41, 5.74) is 3.13. The van der Waals surface area contributed by atoms with Crippen LogP contribution in [0.5, 0.6) is 0 Å². The summed E-state index contributed by atoms with van der Waals surface area (Å²) in [4.78, 5) is 38.6. The van der Waals surface area contributed by atoms with Crippen LogP contribution < -0.4 is 10.6 Å². The van der Waals surface area contributed by atoms with E-state index in [-0.39, 0.29) is 24.3 Å². The molecule has 2 amide bonds. The van der Waals surface area contributed by atoms with Crippen molar-refractivity contribution < 1.29 is 19.1 Å². The highest BCUT2D eigenvalue weighted by Gasteiger charge is 2.33. The van der Waals surface area contributed by atoms with Crippen LogP contribution in [-0.2, 0) is 9.47 Å². The molecule has 10 nitrogen and oxygen atoms in total.